The number of aliphatic carboxylic acids is 1. The molecular formula is C14H26N2O3. The molecule has 2 fully saturated rings. The third kappa shape index (κ3) is 4.44. The summed E-state index contributed by atoms with van der Waals surface area (Å²) in [6, 6.07) is 0.628. The van der Waals surface area contributed by atoms with Gasteiger partial charge in [0.05, 0.1) is 12.6 Å². The molecule has 0 aromatic heterocycles. The summed E-state index contributed by atoms with van der Waals surface area (Å²) in [5.41, 5.74) is 0. The molecule has 1 N–H and O–H groups in total. The van der Waals surface area contributed by atoms with E-state index in [9.17, 15) is 4.79 Å². The first-order chi connectivity index (χ1) is 9.19. The lowest BCUT2D eigenvalue weighted by Gasteiger charge is -2.36. The van der Waals surface area contributed by atoms with Crippen molar-refractivity contribution in [3.05, 3.63) is 0 Å². The molecule has 2 aliphatic rings. The van der Waals surface area contributed by atoms with Gasteiger partial charge in [0.15, 0.2) is 0 Å². The van der Waals surface area contributed by atoms with Crippen LogP contribution in [0.15, 0.2) is 0 Å². The molecule has 0 radical (unpaired) electrons. The zero-order chi connectivity index (χ0) is 13.7. The highest BCUT2D eigenvalue weighted by atomic mass is 16.5. The van der Waals surface area contributed by atoms with Crippen LogP contribution in [0, 0.1) is 0 Å². The molecule has 1 saturated carbocycles. The molecular weight excluding hydrogens is 244 g/mol. The van der Waals surface area contributed by atoms with Crippen LogP contribution in [0.5, 0.6) is 0 Å². The van der Waals surface area contributed by atoms with Gasteiger partial charge in [-0.25, -0.2) is 0 Å². The Bertz CT molecular complexity index is 298. The molecule has 0 aromatic rings. The predicted molar refractivity (Wildman–Crippen MR) is 73.3 cm³/mol. The van der Waals surface area contributed by atoms with Crippen LogP contribution in [0.4, 0.5) is 0 Å². The summed E-state index contributed by atoms with van der Waals surface area (Å²) < 4.78 is 5.50. The van der Waals surface area contributed by atoms with Crippen molar-refractivity contribution in [2.75, 3.05) is 39.8 Å². The summed E-state index contributed by atoms with van der Waals surface area (Å²) in [6.45, 7) is 4.05. The van der Waals surface area contributed by atoms with E-state index >= 15 is 0 Å². The molecule has 1 aliphatic heterocycles. The number of rotatable bonds is 4. The van der Waals surface area contributed by atoms with Crippen LogP contribution in [-0.4, -0.2) is 72.9 Å². The number of carbonyl (C=O) groups is 1. The van der Waals surface area contributed by atoms with E-state index in [1.807, 2.05) is 7.11 Å². The Kier molecular flexibility index (Phi) is 5.60. The normalized spacial score (nSPS) is 31.0. The van der Waals surface area contributed by atoms with Gasteiger partial charge in [-0.2, -0.15) is 0 Å². The third-order valence-electron chi connectivity index (χ3n) is 4.43. The van der Waals surface area contributed by atoms with Crippen LogP contribution in [0.1, 0.15) is 32.1 Å². The number of ether oxygens (including phenoxy) is 1. The first-order valence-electron chi connectivity index (χ1n) is 7.40. The molecule has 19 heavy (non-hydrogen) atoms. The smallest absolute Gasteiger partial charge is 0.317 e. The van der Waals surface area contributed by atoms with E-state index in [1.54, 1.807) is 0 Å². The van der Waals surface area contributed by atoms with E-state index in [0.717, 1.165) is 39.0 Å². The Morgan fingerprint density at radius 2 is 2.05 bits per heavy atom. The highest BCUT2D eigenvalue weighted by molar-refractivity contribution is 5.69. The summed E-state index contributed by atoms with van der Waals surface area (Å²) in [5, 5.41) is 8.87. The van der Waals surface area contributed by atoms with Crippen LogP contribution >= 0.6 is 0 Å². The third-order valence-corrected chi connectivity index (χ3v) is 4.43. The monoisotopic (exact) mass is 270 g/mol. The van der Waals surface area contributed by atoms with Crippen LogP contribution in [0.25, 0.3) is 0 Å². The predicted octanol–water partition coefficient (Wildman–Crippen LogP) is 1.04. The molecule has 2 unspecified atom stereocenters. The molecule has 0 bridgehead atoms. The molecule has 5 nitrogen and oxygen atoms in total. The summed E-state index contributed by atoms with van der Waals surface area (Å²) in [4.78, 5) is 15.4. The van der Waals surface area contributed by atoms with E-state index < -0.39 is 5.97 Å². The van der Waals surface area contributed by atoms with Crippen LogP contribution in [-0.2, 0) is 9.53 Å². The molecule has 1 aliphatic carbocycles. The molecule has 0 aromatic carbocycles. The fourth-order valence-corrected chi connectivity index (χ4v) is 3.37. The standard InChI is InChI=1S/C14H26N2O3/c1-19-13-5-2-4-12(10-13)16-7-3-6-15(8-9-16)11-14(17)18/h12-13H,2-11H2,1H3,(H,17,18). The second-order valence-corrected chi connectivity index (χ2v) is 5.74. The summed E-state index contributed by atoms with van der Waals surface area (Å²) in [5.74, 6) is -0.717. The van der Waals surface area contributed by atoms with E-state index in [-0.39, 0.29) is 6.54 Å². The zero-order valence-electron chi connectivity index (χ0n) is 11.9. The van der Waals surface area contributed by atoms with E-state index in [0.29, 0.717) is 12.1 Å². The minimum atomic E-state index is -0.717. The van der Waals surface area contributed by atoms with E-state index in [1.165, 1.54) is 19.3 Å². The molecule has 2 rings (SSSR count). The SMILES string of the molecule is COC1CCCC(N2CCCN(CC(=O)O)CC2)C1. The highest BCUT2D eigenvalue weighted by Crippen LogP contribution is 2.25. The molecule has 1 saturated heterocycles. The minimum absolute atomic E-state index is 0.180. The van der Waals surface area contributed by atoms with Gasteiger partial charge < -0.3 is 9.84 Å². The second kappa shape index (κ2) is 7.22. The lowest BCUT2D eigenvalue weighted by Crippen LogP contribution is -2.42. The van der Waals surface area contributed by atoms with E-state index in [4.69, 9.17) is 9.84 Å². The lowest BCUT2D eigenvalue weighted by atomic mass is 9.91. The van der Waals surface area contributed by atoms with Crippen molar-refractivity contribution >= 4 is 5.97 Å². The van der Waals surface area contributed by atoms with Gasteiger partial charge in [-0.3, -0.25) is 14.6 Å². The minimum Gasteiger partial charge on any atom is -0.480 e. The van der Waals surface area contributed by atoms with Gasteiger partial charge in [-0.1, -0.05) is 0 Å². The van der Waals surface area contributed by atoms with Gasteiger partial charge in [0.1, 0.15) is 0 Å². The van der Waals surface area contributed by atoms with Gasteiger partial charge >= 0.3 is 5.97 Å². The maximum atomic E-state index is 10.8. The molecule has 5 heteroatoms. The van der Waals surface area contributed by atoms with Gasteiger partial charge in [0.25, 0.3) is 0 Å². The maximum Gasteiger partial charge on any atom is 0.317 e. The van der Waals surface area contributed by atoms with Gasteiger partial charge in [-0.15, -0.1) is 0 Å². The van der Waals surface area contributed by atoms with E-state index in [2.05, 4.69) is 9.80 Å². The van der Waals surface area contributed by atoms with Gasteiger partial charge in [-0.05, 0) is 38.6 Å². The molecule has 110 valence electrons. The van der Waals surface area contributed by atoms with Gasteiger partial charge in [0.2, 0.25) is 0 Å². The number of hydrogen-bond acceptors (Lipinski definition) is 4. The Morgan fingerprint density at radius 3 is 2.79 bits per heavy atom. The Hall–Kier alpha value is -0.650. The first kappa shape index (κ1) is 14.8. The number of carboxylic acids is 1. The Morgan fingerprint density at radius 1 is 1.21 bits per heavy atom. The van der Waals surface area contributed by atoms with Crippen LogP contribution in [0.3, 0.4) is 0 Å². The van der Waals surface area contributed by atoms with Crippen LogP contribution < -0.4 is 0 Å². The highest BCUT2D eigenvalue weighted by Gasteiger charge is 2.28. The molecule has 1 heterocycles. The summed E-state index contributed by atoms with van der Waals surface area (Å²) >= 11 is 0. The molecule has 0 amide bonds. The first-order valence-corrected chi connectivity index (χ1v) is 7.40. The zero-order valence-corrected chi connectivity index (χ0v) is 11.9. The fourth-order valence-electron chi connectivity index (χ4n) is 3.37. The number of carboxylic acid groups (broad SMARTS) is 1. The Balaban J connectivity index is 1.83. The fraction of sp³-hybridized carbons (Fsp3) is 0.929. The largest absolute Gasteiger partial charge is 0.480 e. The quantitative estimate of drug-likeness (QED) is 0.827. The van der Waals surface area contributed by atoms with Gasteiger partial charge in [0, 0.05) is 32.8 Å². The number of hydrogen-bond donors (Lipinski definition) is 1. The van der Waals surface area contributed by atoms with Crippen LogP contribution in [0.2, 0.25) is 0 Å². The number of methoxy groups -OCH3 is 1. The van der Waals surface area contributed by atoms with Crippen molar-refractivity contribution < 1.29 is 14.6 Å². The summed E-state index contributed by atoms with van der Waals surface area (Å²) in [6.07, 6.45) is 6.32. The lowest BCUT2D eigenvalue weighted by molar-refractivity contribution is -0.138. The molecule has 2 atom stereocenters. The van der Waals surface area contributed by atoms with Crippen molar-refractivity contribution in [3.8, 4) is 0 Å². The second-order valence-electron chi connectivity index (χ2n) is 5.74. The molecule has 0 spiro atoms. The Labute approximate surface area is 115 Å². The van der Waals surface area contributed by atoms with Crippen molar-refractivity contribution in [1.82, 2.24) is 9.80 Å². The maximum absolute atomic E-state index is 10.8. The summed E-state index contributed by atoms with van der Waals surface area (Å²) in [7, 11) is 1.81. The number of nitrogens with zero attached hydrogens (tertiary/aromatic N) is 2. The van der Waals surface area contributed by atoms with Crippen molar-refractivity contribution in [2.24, 2.45) is 0 Å². The average molecular weight is 270 g/mol. The van der Waals surface area contributed by atoms with Crippen molar-refractivity contribution in [1.29, 1.82) is 0 Å². The average Bonchev–Trinajstić information content (AvgIpc) is 2.64. The van der Waals surface area contributed by atoms with Crippen molar-refractivity contribution in [3.63, 3.8) is 0 Å². The van der Waals surface area contributed by atoms with Crippen molar-refractivity contribution in [2.45, 2.75) is 44.2 Å². The topological polar surface area (TPSA) is 53.0 Å².